The number of carbonyl (C=O) groups is 1. The van der Waals surface area contributed by atoms with Crippen LogP contribution in [0, 0.1) is 11.3 Å². The number of phenols is 1. The van der Waals surface area contributed by atoms with Crippen LogP contribution in [0.25, 0.3) is 11.1 Å². The first kappa shape index (κ1) is 16.3. The highest BCUT2D eigenvalue weighted by molar-refractivity contribution is 6.09. The summed E-state index contributed by atoms with van der Waals surface area (Å²) in [6, 6.07) is 20.7. The Hall–Kier alpha value is -3.58. The first-order valence-electron chi connectivity index (χ1n) is 7.64. The molecule has 0 spiro atoms. The molecule has 4 nitrogen and oxygen atoms in total. The van der Waals surface area contributed by atoms with Gasteiger partial charge in [-0.3, -0.25) is 4.79 Å². The molecule has 0 unspecified atom stereocenters. The second-order valence-corrected chi connectivity index (χ2v) is 5.52. The zero-order chi connectivity index (χ0) is 17.8. The summed E-state index contributed by atoms with van der Waals surface area (Å²) in [5, 5.41) is 18.4. The van der Waals surface area contributed by atoms with Gasteiger partial charge < -0.3 is 9.84 Å². The molecule has 0 heterocycles. The van der Waals surface area contributed by atoms with Gasteiger partial charge in [0.05, 0.1) is 18.7 Å². The van der Waals surface area contributed by atoms with E-state index in [0.29, 0.717) is 22.4 Å². The molecule has 0 bridgehead atoms. The molecule has 3 rings (SSSR count). The van der Waals surface area contributed by atoms with Crippen molar-refractivity contribution in [2.45, 2.75) is 0 Å². The van der Waals surface area contributed by atoms with E-state index in [4.69, 9.17) is 10.00 Å². The third kappa shape index (κ3) is 3.51. The predicted molar refractivity (Wildman–Crippen MR) is 94.7 cm³/mol. The summed E-state index contributed by atoms with van der Waals surface area (Å²) in [7, 11) is 1.56. The molecule has 0 fully saturated rings. The first-order valence-corrected chi connectivity index (χ1v) is 7.64. The summed E-state index contributed by atoms with van der Waals surface area (Å²) < 4.78 is 5.22. The summed E-state index contributed by atoms with van der Waals surface area (Å²) >= 11 is 0. The highest BCUT2D eigenvalue weighted by atomic mass is 16.5. The van der Waals surface area contributed by atoms with Crippen molar-refractivity contribution in [2.75, 3.05) is 7.11 Å². The number of aromatic hydroxyl groups is 1. The van der Waals surface area contributed by atoms with Crippen LogP contribution < -0.4 is 4.74 Å². The van der Waals surface area contributed by atoms with Gasteiger partial charge in [0.25, 0.3) is 0 Å². The van der Waals surface area contributed by atoms with Crippen LogP contribution in [0.15, 0.2) is 66.7 Å². The van der Waals surface area contributed by atoms with Crippen LogP contribution in [0.3, 0.4) is 0 Å². The Morgan fingerprint density at radius 3 is 2.08 bits per heavy atom. The van der Waals surface area contributed by atoms with Gasteiger partial charge in [0.1, 0.15) is 11.5 Å². The number of carbonyl (C=O) groups excluding carboxylic acids is 1. The molecule has 0 saturated carbocycles. The molecule has 0 atom stereocenters. The van der Waals surface area contributed by atoms with E-state index in [1.54, 1.807) is 43.5 Å². The van der Waals surface area contributed by atoms with E-state index in [-0.39, 0.29) is 11.5 Å². The maximum absolute atomic E-state index is 12.5. The fraction of sp³-hybridized carbons (Fsp3) is 0.0476. The molecule has 4 heteroatoms. The van der Waals surface area contributed by atoms with Gasteiger partial charge in [0, 0.05) is 11.1 Å². The van der Waals surface area contributed by atoms with Crippen molar-refractivity contribution < 1.29 is 14.6 Å². The molecule has 122 valence electrons. The number of phenolic OH excluding ortho intramolecular Hbond substituents is 1. The van der Waals surface area contributed by atoms with Crippen molar-refractivity contribution in [1.82, 2.24) is 0 Å². The Kier molecular flexibility index (Phi) is 4.49. The number of ketones is 1. The molecule has 0 aromatic heterocycles. The Morgan fingerprint density at radius 1 is 0.920 bits per heavy atom. The van der Waals surface area contributed by atoms with Crippen molar-refractivity contribution in [3.63, 3.8) is 0 Å². The lowest BCUT2D eigenvalue weighted by atomic mass is 9.98. The normalized spacial score (nSPS) is 10.1. The Labute approximate surface area is 145 Å². The summed E-state index contributed by atoms with van der Waals surface area (Å²) in [6.07, 6.45) is 0. The lowest BCUT2D eigenvalue weighted by Gasteiger charge is -2.07. The zero-order valence-electron chi connectivity index (χ0n) is 13.6. The molecular formula is C21H15NO3. The second-order valence-electron chi connectivity index (χ2n) is 5.52. The minimum Gasteiger partial charge on any atom is -0.508 e. The predicted octanol–water partition coefficient (Wildman–Crippen LogP) is 4.17. The number of nitriles is 1. The minimum atomic E-state index is -0.116. The van der Waals surface area contributed by atoms with Crippen LogP contribution >= 0.6 is 0 Å². The van der Waals surface area contributed by atoms with Gasteiger partial charge in [-0.15, -0.1) is 0 Å². The zero-order valence-corrected chi connectivity index (χ0v) is 13.6. The minimum absolute atomic E-state index is 0.116. The van der Waals surface area contributed by atoms with Gasteiger partial charge in [-0.05, 0) is 53.6 Å². The summed E-state index contributed by atoms with van der Waals surface area (Å²) in [4.78, 5) is 12.5. The van der Waals surface area contributed by atoms with Gasteiger partial charge >= 0.3 is 0 Å². The topological polar surface area (TPSA) is 70.3 Å². The molecule has 0 aliphatic carbocycles. The molecule has 0 amide bonds. The average molecular weight is 329 g/mol. The molecule has 0 saturated heterocycles. The van der Waals surface area contributed by atoms with Crippen LogP contribution in [0.2, 0.25) is 0 Å². The van der Waals surface area contributed by atoms with E-state index in [1.807, 2.05) is 18.2 Å². The van der Waals surface area contributed by atoms with Crippen molar-refractivity contribution in [3.8, 4) is 28.7 Å². The Bertz CT molecular complexity index is 952. The van der Waals surface area contributed by atoms with E-state index in [1.165, 1.54) is 12.1 Å². The molecular weight excluding hydrogens is 314 g/mol. The van der Waals surface area contributed by atoms with Crippen molar-refractivity contribution in [2.24, 2.45) is 0 Å². The van der Waals surface area contributed by atoms with E-state index >= 15 is 0 Å². The second kappa shape index (κ2) is 6.90. The Morgan fingerprint density at radius 2 is 1.52 bits per heavy atom. The lowest BCUT2D eigenvalue weighted by molar-refractivity contribution is 0.103. The molecule has 0 radical (unpaired) electrons. The SMILES string of the molecule is COc1cc(C#N)cc(-c2ccc(C(=O)c3ccc(O)cc3)cc2)c1. The number of rotatable bonds is 4. The van der Waals surface area contributed by atoms with E-state index in [0.717, 1.165) is 11.1 Å². The molecule has 3 aromatic carbocycles. The average Bonchev–Trinajstić information content (AvgIpc) is 2.67. The fourth-order valence-electron chi connectivity index (χ4n) is 2.54. The number of hydrogen-bond donors (Lipinski definition) is 1. The number of benzene rings is 3. The monoisotopic (exact) mass is 329 g/mol. The van der Waals surface area contributed by atoms with Crippen LogP contribution in [0.1, 0.15) is 21.5 Å². The smallest absolute Gasteiger partial charge is 0.193 e. The largest absolute Gasteiger partial charge is 0.508 e. The van der Waals surface area contributed by atoms with Gasteiger partial charge in [0.15, 0.2) is 5.78 Å². The molecule has 3 aromatic rings. The number of hydrogen-bond acceptors (Lipinski definition) is 4. The summed E-state index contributed by atoms with van der Waals surface area (Å²) in [5.41, 5.74) is 3.31. The molecule has 1 N–H and O–H groups in total. The van der Waals surface area contributed by atoms with E-state index in [2.05, 4.69) is 6.07 Å². The third-order valence-corrected chi connectivity index (χ3v) is 3.88. The van der Waals surface area contributed by atoms with Gasteiger partial charge in [-0.2, -0.15) is 5.26 Å². The molecule has 0 aliphatic rings. The van der Waals surface area contributed by atoms with Crippen LogP contribution in [-0.2, 0) is 0 Å². The van der Waals surface area contributed by atoms with Crippen molar-refractivity contribution >= 4 is 5.78 Å². The fourth-order valence-corrected chi connectivity index (χ4v) is 2.54. The van der Waals surface area contributed by atoms with Gasteiger partial charge in [-0.1, -0.05) is 24.3 Å². The van der Waals surface area contributed by atoms with Crippen molar-refractivity contribution in [1.29, 1.82) is 5.26 Å². The number of ether oxygens (including phenoxy) is 1. The van der Waals surface area contributed by atoms with Gasteiger partial charge in [-0.25, -0.2) is 0 Å². The van der Waals surface area contributed by atoms with E-state index in [9.17, 15) is 9.90 Å². The number of nitrogens with zero attached hydrogens (tertiary/aromatic N) is 1. The standard InChI is InChI=1S/C21H15NO3/c1-25-20-11-14(13-22)10-18(12-20)15-2-4-16(5-3-15)21(24)17-6-8-19(23)9-7-17/h2-12,23H,1H3. The Balaban J connectivity index is 1.91. The van der Waals surface area contributed by atoms with Crippen LogP contribution in [-0.4, -0.2) is 18.0 Å². The van der Waals surface area contributed by atoms with Gasteiger partial charge in [0.2, 0.25) is 0 Å². The maximum Gasteiger partial charge on any atom is 0.193 e. The quantitative estimate of drug-likeness (QED) is 0.729. The maximum atomic E-state index is 12.5. The molecule has 0 aliphatic heterocycles. The number of methoxy groups -OCH3 is 1. The summed E-state index contributed by atoms with van der Waals surface area (Å²) in [6.45, 7) is 0. The first-order chi connectivity index (χ1) is 12.1. The third-order valence-electron chi connectivity index (χ3n) is 3.88. The lowest BCUT2D eigenvalue weighted by Crippen LogP contribution is -2.00. The highest BCUT2D eigenvalue weighted by Crippen LogP contribution is 2.26. The van der Waals surface area contributed by atoms with Crippen LogP contribution in [0.5, 0.6) is 11.5 Å². The van der Waals surface area contributed by atoms with Crippen LogP contribution in [0.4, 0.5) is 0 Å². The molecule has 25 heavy (non-hydrogen) atoms. The summed E-state index contributed by atoms with van der Waals surface area (Å²) in [5.74, 6) is 0.617. The highest BCUT2D eigenvalue weighted by Gasteiger charge is 2.10. The van der Waals surface area contributed by atoms with E-state index < -0.39 is 0 Å². The van der Waals surface area contributed by atoms with Crippen molar-refractivity contribution in [3.05, 3.63) is 83.4 Å².